The molecule has 3 N–H and O–H groups in total. The lowest BCUT2D eigenvalue weighted by Crippen LogP contribution is -2.22. The van der Waals surface area contributed by atoms with E-state index < -0.39 is 11.4 Å². The van der Waals surface area contributed by atoms with E-state index in [2.05, 4.69) is 5.10 Å². The largest absolute Gasteiger partial charge is 0.329 e. The van der Waals surface area contributed by atoms with E-state index in [1.54, 1.807) is 0 Å². The maximum absolute atomic E-state index is 12.3. The number of nitrogens with zero attached hydrogens (tertiary/aromatic N) is 1. The second-order valence-electron chi connectivity index (χ2n) is 1.87. The SMILES string of the molecule is NCCn1[nH]cc(F)c1=O. The molecule has 0 saturated heterocycles. The summed E-state index contributed by atoms with van der Waals surface area (Å²) in [5, 5.41) is 2.42. The third-order valence-electron chi connectivity index (χ3n) is 1.15. The average molecular weight is 145 g/mol. The molecule has 0 unspecified atom stereocenters. The highest BCUT2D eigenvalue weighted by Crippen LogP contribution is 1.82. The minimum Gasteiger partial charge on any atom is -0.329 e. The van der Waals surface area contributed by atoms with Crippen molar-refractivity contribution in [3.8, 4) is 0 Å². The van der Waals surface area contributed by atoms with Crippen molar-refractivity contribution in [3.05, 3.63) is 22.4 Å². The number of nitrogens with two attached hydrogens (primary N) is 1. The van der Waals surface area contributed by atoms with Crippen LogP contribution in [0.4, 0.5) is 4.39 Å². The molecule has 0 bridgehead atoms. The van der Waals surface area contributed by atoms with Gasteiger partial charge in [0.15, 0.2) is 0 Å². The molecule has 0 aliphatic carbocycles. The van der Waals surface area contributed by atoms with Crippen molar-refractivity contribution < 1.29 is 4.39 Å². The quantitative estimate of drug-likeness (QED) is 0.576. The second kappa shape index (κ2) is 2.66. The highest BCUT2D eigenvalue weighted by atomic mass is 19.1. The van der Waals surface area contributed by atoms with Crippen LogP contribution in [0, 0.1) is 5.82 Å². The van der Waals surface area contributed by atoms with Crippen LogP contribution in [-0.4, -0.2) is 16.3 Å². The predicted octanol–water partition coefficient (Wildman–Crippen LogP) is -0.726. The zero-order chi connectivity index (χ0) is 7.56. The lowest BCUT2D eigenvalue weighted by Gasteiger charge is -1.94. The van der Waals surface area contributed by atoms with Gasteiger partial charge in [-0.15, -0.1) is 0 Å². The topological polar surface area (TPSA) is 63.8 Å². The number of aromatic nitrogens is 2. The molecule has 0 radical (unpaired) electrons. The van der Waals surface area contributed by atoms with Gasteiger partial charge in [-0.1, -0.05) is 0 Å². The molecule has 0 aromatic carbocycles. The van der Waals surface area contributed by atoms with E-state index >= 15 is 0 Å². The van der Waals surface area contributed by atoms with Gasteiger partial charge < -0.3 is 5.73 Å². The molecule has 10 heavy (non-hydrogen) atoms. The van der Waals surface area contributed by atoms with Crippen LogP contribution in [0.5, 0.6) is 0 Å². The van der Waals surface area contributed by atoms with Gasteiger partial charge in [-0.25, -0.2) is 4.68 Å². The molecule has 0 aliphatic rings. The summed E-state index contributed by atoms with van der Waals surface area (Å²) in [6.45, 7) is 0.641. The van der Waals surface area contributed by atoms with Crippen LogP contribution in [0.3, 0.4) is 0 Å². The van der Waals surface area contributed by atoms with E-state index in [4.69, 9.17) is 5.73 Å². The van der Waals surface area contributed by atoms with Crippen LogP contribution in [0.25, 0.3) is 0 Å². The van der Waals surface area contributed by atoms with Crippen LogP contribution < -0.4 is 11.3 Å². The Morgan fingerprint density at radius 2 is 2.50 bits per heavy atom. The standard InChI is InChI=1S/C5H8FN3O/c6-4-3-8-9(2-1-7)5(4)10/h3,8H,1-2,7H2. The maximum atomic E-state index is 12.3. The second-order valence-corrected chi connectivity index (χ2v) is 1.87. The van der Waals surface area contributed by atoms with E-state index in [-0.39, 0.29) is 0 Å². The normalized spacial score (nSPS) is 10.2. The summed E-state index contributed by atoms with van der Waals surface area (Å²) in [6.07, 6.45) is 1.01. The Morgan fingerprint density at radius 3 is 2.90 bits per heavy atom. The summed E-state index contributed by atoms with van der Waals surface area (Å²) in [6, 6.07) is 0. The molecule has 5 heteroatoms. The molecule has 56 valence electrons. The van der Waals surface area contributed by atoms with Crippen molar-refractivity contribution in [2.24, 2.45) is 5.73 Å². The average Bonchev–Trinajstić information content (AvgIpc) is 2.20. The summed E-state index contributed by atoms with van der Waals surface area (Å²) in [5.41, 5.74) is 4.49. The number of nitrogens with one attached hydrogen (secondary N) is 1. The van der Waals surface area contributed by atoms with Crippen molar-refractivity contribution in [1.82, 2.24) is 9.78 Å². The smallest absolute Gasteiger partial charge is 0.302 e. The van der Waals surface area contributed by atoms with E-state index in [0.717, 1.165) is 10.9 Å². The first-order valence-corrected chi connectivity index (χ1v) is 2.89. The molecule has 1 rings (SSSR count). The summed E-state index contributed by atoms with van der Waals surface area (Å²) in [4.78, 5) is 10.7. The summed E-state index contributed by atoms with van der Waals surface area (Å²) < 4.78 is 13.4. The Bertz CT molecular complexity index is 264. The third kappa shape index (κ3) is 1.08. The molecule has 0 amide bonds. The van der Waals surface area contributed by atoms with Gasteiger partial charge in [-0.3, -0.25) is 9.89 Å². The number of halogens is 1. The molecule has 0 aliphatic heterocycles. The van der Waals surface area contributed by atoms with Crippen molar-refractivity contribution in [1.29, 1.82) is 0 Å². The minimum atomic E-state index is -0.770. The van der Waals surface area contributed by atoms with Crippen molar-refractivity contribution in [2.75, 3.05) is 6.54 Å². The van der Waals surface area contributed by atoms with Gasteiger partial charge in [0.1, 0.15) is 0 Å². The first-order valence-electron chi connectivity index (χ1n) is 2.89. The first-order chi connectivity index (χ1) is 4.75. The van der Waals surface area contributed by atoms with Crippen molar-refractivity contribution in [2.45, 2.75) is 6.54 Å². The number of hydrogen-bond acceptors (Lipinski definition) is 2. The molecule has 0 atom stereocenters. The number of aromatic amines is 1. The third-order valence-corrected chi connectivity index (χ3v) is 1.15. The van der Waals surface area contributed by atoms with Crippen LogP contribution >= 0.6 is 0 Å². The molecule has 0 spiro atoms. The summed E-state index contributed by atoms with van der Waals surface area (Å²) in [7, 11) is 0. The van der Waals surface area contributed by atoms with Gasteiger partial charge >= 0.3 is 5.56 Å². The monoisotopic (exact) mass is 145 g/mol. The van der Waals surface area contributed by atoms with Gasteiger partial charge in [-0.05, 0) is 0 Å². The fourth-order valence-electron chi connectivity index (χ4n) is 0.679. The summed E-state index contributed by atoms with van der Waals surface area (Å²) in [5.74, 6) is -0.770. The Balaban J connectivity index is 2.95. The lowest BCUT2D eigenvalue weighted by atomic mass is 10.6. The van der Waals surface area contributed by atoms with Gasteiger partial charge in [0.2, 0.25) is 5.82 Å². The fraction of sp³-hybridized carbons (Fsp3) is 0.400. The zero-order valence-electron chi connectivity index (χ0n) is 5.30. The lowest BCUT2D eigenvalue weighted by molar-refractivity contribution is 0.577. The maximum Gasteiger partial charge on any atom is 0.302 e. The van der Waals surface area contributed by atoms with Gasteiger partial charge in [0.25, 0.3) is 0 Å². The molecule has 0 fully saturated rings. The van der Waals surface area contributed by atoms with Crippen LogP contribution in [0.2, 0.25) is 0 Å². The molecular formula is C5H8FN3O. The van der Waals surface area contributed by atoms with E-state index in [9.17, 15) is 9.18 Å². The Morgan fingerprint density at radius 1 is 1.80 bits per heavy atom. The van der Waals surface area contributed by atoms with Crippen molar-refractivity contribution in [3.63, 3.8) is 0 Å². The molecule has 4 nitrogen and oxygen atoms in total. The van der Waals surface area contributed by atoms with Crippen LogP contribution in [0.15, 0.2) is 11.0 Å². The predicted molar refractivity (Wildman–Crippen MR) is 34.1 cm³/mol. The zero-order valence-corrected chi connectivity index (χ0v) is 5.30. The van der Waals surface area contributed by atoms with Gasteiger partial charge in [-0.2, -0.15) is 4.39 Å². The Kier molecular flexibility index (Phi) is 1.86. The molecule has 1 heterocycles. The fourth-order valence-corrected chi connectivity index (χ4v) is 0.679. The van der Waals surface area contributed by atoms with Gasteiger partial charge in [0, 0.05) is 6.54 Å². The van der Waals surface area contributed by atoms with E-state index in [0.29, 0.717) is 13.1 Å². The minimum absolute atomic E-state index is 0.319. The molecule has 1 aromatic rings. The van der Waals surface area contributed by atoms with Crippen LogP contribution in [0.1, 0.15) is 0 Å². The van der Waals surface area contributed by atoms with Crippen LogP contribution in [-0.2, 0) is 6.54 Å². The molecule has 0 saturated carbocycles. The van der Waals surface area contributed by atoms with E-state index in [1.807, 2.05) is 0 Å². The number of hydrogen-bond donors (Lipinski definition) is 2. The Hall–Kier alpha value is -1.10. The number of H-pyrrole nitrogens is 1. The van der Waals surface area contributed by atoms with Crippen molar-refractivity contribution >= 4 is 0 Å². The van der Waals surface area contributed by atoms with E-state index in [1.165, 1.54) is 0 Å². The highest BCUT2D eigenvalue weighted by Gasteiger charge is 2.01. The highest BCUT2D eigenvalue weighted by molar-refractivity contribution is 4.85. The number of rotatable bonds is 2. The molecule has 1 aromatic heterocycles. The Labute approximate surface area is 56.4 Å². The molecular weight excluding hydrogens is 137 g/mol. The summed E-state index contributed by atoms with van der Waals surface area (Å²) >= 11 is 0. The first kappa shape index (κ1) is 7.01. The van der Waals surface area contributed by atoms with Gasteiger partial charge in [0.05, 0.1) is 12.7 Å².